The molecule has 0 bridgehead atoms. The van der Waals surface area contributed by atoms with E-state index in [1.54, 1.807) is 0 Å². The van der Waals surface area contributed by atoms with Crippen LogP contribution in [0.4, 0.5) is 0 Å². The van der Waals surface area contributed by atoms with Gasteiger partial charge in [-0.3, -0.25) is 4.79 Å². The molecule has 0 saturated heterocycles. The second kappa shape index (κ2) is 17.2. The summed E-state index contributed by atoms with van der Waals surface area (Å²) in [5.41, 5.74) is 0. The van der Waals surface area contributed by atoms with Crippen LogP contribution in [0.5, 0.6) is 0 Å². The maximum atomic E-state index is 10.3. The van der Waals surface area contributed by atoms with Crippen molar-refractivity contribution in [2.75, 3.05) is 0 Å². The average Bonchev–Trinajstić information content (AvgIpc) is 2.50. The summed E-state index contributed by atoms with van der Waals surface area (Å²) in [6.45, 7) is 2.14. The zero-order valence-corrected chi connectivity index (χ0v) is 13.8. The predicted molar refractivity (Wildman–Crippen MR) is 95.9 cm³/mol. The lowest BCUT2D eigenvalue weighted by molar-refractivity contribution is -0.137. The summed E-state index contributed by atoms with van der Waals surface area (Å²) in [6, 6.07) is 0. The predicted octanol–water partition coefficient (Wildman–Crippen LogP) is 5.99. The minimum Gasteiger partial charge on any atom is -0.481 e. The highest BCUT2D eigenvalue weighted by molar-refractivity contribution is 5.66. The fourth-order valence-corrected chi connectivity index (χ4v) is 1.74. The second-order valence-corrected chi connectivity index (χ2v) is 4.99. The molecule has 0 saturated carbocycles. The SMILES string of the molecule is CC/C=C/C/C=C\C/C=C\C/C=C\C/C=C\CCCC(=O)O. The monoisotopic (exact) mass is 302 g/mol. The first kappa shape index (κ1) is 20.2. The first-order chi connectivity index (χ1) is 10.8. The number of hydrogen-bond acceptors (Lipinski definition) is 1. The Balaban J connectivity index is 3.46. The molecule has 2 heteroatoms. The second-order valence-electron chi connectivity index (χ2n) is 4.99. The van der Waals surface area contributed by atoms with Gasteiger partial charge < -0.3 is 5.11 Å². The summed E-state index contributed by atoms with van der Waals surface area (Å²) in [5.74, 6) is -0.715. The van der Waals surface area contributed by atoms with Crippen molar-refractivity contribution in [3.8, 4) is 0 Å². The quantitative estimate of drug-likeness (QED) is 0.335. The van der Waals surface area contributed by atoms with E-state index in [2.05, 4.69) is 67.7 Å². The van der Waals surface area contributed by atoms with Crippen LogP contribution in [0.15, 0.2) is 60.8 Å². The van der Waals surface area contributed by atoms with Gasteiger partial charge in [-0.05, 0) is 44.9 Å². The highest BCUT2D eigenvalue weighted by atomic mass is 16.4. The molecule has 0 atom stereocenters. The molecule has 0 radical (unpaired) electrons. The molecular weight excluding hydrogens is 272 g/mol. The van der Waals surface area contributed by atoms with E-state index < -0.39 is 5.97 Å². The standard InChI is InChI=1S/C20H30O2/c1-2-3-4-5-6-7-8-9-10-11-12-13-14-15-16-17-18-19-20(21)22/h3-4,6-7,9-10,12-13,15-16H,2,5,8,11,14,17-19H2,1H3,(H,21,22)/b4-3+,7-6-,10-9-,13-12-,16-15-. The Hall–Kier alpha value is -1.83. The van der Waals surface area contributed by atoms with Crippen molar-refractivity contribution in [3.63, 3.8) is 0 Å². The van der Waals surface area contributed by atoms with Gasteiger partial charge in [-0.15, -0.1) is 0 Å². The zero-order valence-electron chi connectivity index (χ0n) is 13.8. The normalized spacial score (nSPS) is 12.8. The van der Waals surface area contributed by atoms with Gasteiger partial charge in [0.1, 0.15) is 0 Å². The Morgan fingerprint density at radius 2 is 1.14 bits per heavy atom. The summed E-state index contributed by atoms with van der Waals surface area (Å²) >= 11 is 0. The summed E-state index contributed by atoms with van der Waals surface area (Å²) in [6.07, 6.45) is 28.4. The first-order valence-electron chi connectivity index (χ1n) is 8.24. The van der Waals surface area contributed by atoms with Gasteiger partial charge in [-0.2, -0.15) is 0 Å². The molecule has 0 rings (SSSR count). The van der Waals surface area contributed by atoms with Crippen LogP contribution in [0.2, 0.25) is 0 Å². The minimum absolute atomic E-state index is 0.258. The number of carboxylic acids is 1. The topological polar surface area (TPSA) is 37.3 Å². The third-order valence-electron chi connectivity index (χ3n) is 2.92. The summed E-state index contributed by atoms with van der Waals surface area (Å²) in [7, 11) is 0. The van der Waals surface area contributed by atoms with E-state index >= 15 is 0 Å². The van der Waals surface area contributed by atoms with Crippen LogP contribution >= 0.6 is 0 Å². The lowest BCUT2D eigenvalue weighted by Gasteiger charge is -1.89. The van der Waals surface area contributed by atoms with E-state index in [1.807, 2.05) is 0 Å². The van der Waals surface area contributed by atoms with Gasteiger partial charge in [0.15, 0.2) is 0 Å². The molecule has 0 aliphatic rings. The third kappa shape index (κ3) is 18.2. The molecule has 1 N–H and O–H groups in total. The van der Waals surface area contributed by atoms with E-state index in [1.165, 1.54) is 0 Å². The van der Waals surface area contributed by atoms with Crippen molar-refractivity contribution in [1.29, 1.82) is 0 Å². The number of hydrogen-bond donors (Lipinski definition) is 1. The number of carbonyl (C=O) groups is 1. The average molecular weight is 302 g/mol. The number of rotatable bonds is 13. The Bertz CT molecular complexity index is 398. The van der Waals surface area contributed by atoms with Crippen molar-refractivity contribution < 1.29 is 9.90 Å². The summed E-state index contributed by atoms with van der Waals surface area (Å²) < 4.78 is 0. The number of unbranched alkanes of at least 4 members (excludes halogenated alkanes) is 1. The van der Waals surface area contributed by atoms with Gasteiger partial charge in [0.05, 0.1) is 0 Å². The molecule has 0 aromatic carbocycles. The van der Waals surface area contributed by atoms with Crippen LogP contribution in [0.25, 0.3) is 0 Å². The summed E-state index contributed by atoms with van der Waals surface area (Å²) in [5, 5.41) is 8.49. The Kier molecular flexibility index (Phi) is 15.8. The van der Waals surface area contributed by atoms with Crippen LogP contribution in [0.1, 0.15) is 58.3 Å². The van der Waals surface area contributed by atoms with Gasteiger partial charge >= 0.3 is 5.97 Å². The third-order valence-corrected chi connectivity index (χ3v) is 2.92. The maximum Gasteiger partial charge on any atom is 0.303 e. The molecule has 0 heterocycles. The number of carboxylic acid groups (broad SMARTS) is 1. The van der Waals surface area contributed by atoms with E-state index in [4.69, 9.17) is 5.11 Å². The summed E-state index contributed by atoms with van der Waals surface area (Å²) in [4.78, 5) is 10.3. The van der Waals surface area contributed by atoms with Crippen LogP contribution in [0.3, 0.4) is 0 Å². The number of allylic oxidation sites excluding steroid dienone is 10. The Labute approximate surface area is 135 Å². The first-order valence-corrected chi connectivity index (χ1v) is 8.24. The van der Waals surface area contributed by atoms with Crippen molar-refractivity contribution in [3.05, 3.63) is 60.8 Å². The van der Waals surface area contributed by atoms with Gasteiger partial charge in [0.2, 0.25) is 0 Å². The van der Waals surface area contributed by atoms with Gasteiger partial charge in [-0.25, -0.2) is 0 Å². The highest BCUT2D eigenvalue weighted by Crippen LogP contribution is 1.99. The largest absolute Gasteiger partial charge is 0.481 e. The van der Waals surface area contributed by atoms with Crippen molar-refractivity contribution in [2.45, 2.75) is 58.3 Å². The molecule has 122 valence electrons. The zero-order chi connectivity index (χ0) is 16.3. The molecule has 2 nitrogen and oxygen atoms in total. The molecule has 0 aliphatic carbocycles. The molecule has 0 amide bonds. The molecular formula is C20H30O2. The van der Waals surface area contributed by atoms with Crippen LogP contribution in [-0.4, -0.2) is 11.1 Å². The van der Waals surface area contributed by atoms with Crippen molar-refractivity contribution in [2.24, 2.45) is 0 Å². The molecule has 0 aromatic heterocycles. The molecule has 0 aromatic rings. The molecule has 0 unspecified atom stereocenters. The lowest BCUT2D eigenvalue weighted by Crippen LogP contribution is -1.92. The lowest BCUT2D eigenvalue weighted by atomic mass is 10.2. The van der Waals surface area contributed by atoms with E-state index in [-0.39, 0.29) is 6.42 Å². The van der Waals surface area contributed by atoms with Crippen LogP contribution in [0, 0.1) is 0 Å². The van der Waals surface area contributed by atoms with E-state index in [0.717, 1.165) is 44.9 Å². The fourth-order valence-electron chi connectivity index (χ4n) is 1.74. The van der Waals surface area contributed by atoms with Gasteiger partial charge in [0.25, 0.3) is 0 Å². The Morgan fingerprint density at radius 1 is 0.727 bits per heavy atom. The highest BCUT2D eigenvalue weighted by Gasteiger charge is 1.92. The molecule has 22 heavy (non-hydrogen) atoms. The van der Waals surface area contributed by atoms with Crippen LogP contribution in [-0.2, 0) is 4.79 Å². The maximum absolute atomic E-state index is 10.3. The molecule has 0 aliphatic heterocycles. The number of aliphatic carboxylic acids is 1. The van der Waals surface area contributed by atoms with Gasteiger partial charge in [0, 0.05) is 6.42 Å². The fraction of sp³-hybridized carbons (Fsp3) is 0.450. The Morgan fingerprint density at radius 3 is 1.55 bits per heavy atom. The van der Waals surface area contributed by atoms with Crippen LogP contribution < -0.4 is 0 Å². The minimum atomic E-state index is -0.715. The van der Waals surface area contributed by atoms with Crippen molar-refractivity contribution in [1.82, 2.24) is 0 Å². The van der Waals surface area contributed by atoms with E-state index in [9.17, 15) is 4.79 Å². The van der Waals surface area contributed by atoms with Crippen molar-refractivity contribution >= 4 is 5.97 Å². The van der Waals surface area contributed by atoms with E-state index in [0.29, 0.717) is 0 Å². The van der Waals surface area contributed by atoms with Gasteiger partial charge in [-0.1, -0.05) is 67.7 Å². The molecule has 0 fully saturated rings. The smallest absolute Gasteiger partial charge is 0.303 e. The molecule has 0 spiro atoms.